The maximum atomic E-state index is 10.2. The zero-order valence-electron chi connectivity index (χ0n) is 18.5. The molecule has 0 bridgehead atoms. The van der Waals surface area contributed by atoms with E-state index >= 15 is 0 Å². The molecule has 4 atom stereocenters. The third-order valence-electron chi connectivity index (χ3n) is 5.98. The van der Waals surface area contributed by atoms with E-state index in [1.165, 1.54) is 0 Å². The van der Waals surface area contributed by atoms with Gasteiger partial charge in [0.2, 0.25) is 0 Å². The van der Waals surface area contributed by atoms with Crippen molar-refractivity contribution in [3.63, 3.8) is 0 Å². The summed E-state index contributed by atoms with van der Waals surface area (Å²) in [5.74, 6) is 0.541. The van der Waals surface area contributed by atoms with Crippen LogP contribution >= 0.6 is 0 Å². The van der Waals surface area contributed by atoms with Crippen molar-refractivity contribution < 1.29 is 20.4 Å². The Morgan fingerprint density at radius 3 is 2.50 bits per heavy atom. The Kier molecular flexibility index (Phi) is 7.47. The molecule has 2 heterocycles. The van der Waals surface area contributed by atoms with Gasteiger partial charge in [0.05, 0.1) is 30.4 Å². The minimum atomic E-state index is -1.28. The lowest BCUT2D eigenvalue weighted by atomic mass is 9.93. The predicted octanol–water partition coefficient (Wildman–Crippen LogP) is 0.887. The number of nitrogens with zero attached hydrogens (tertiary/aromatic N) is 4. The second-order valence-corrected chi connectivity index (χ2v) is 8.38. The van der Waals surface area contributed by atoms with Crippen LogP contribution in [0, 0.1) is 11.3 Å². The Morgan fingerprint density at radius 2 is 1.76 bits per heavy atom. The molecule has 0 spiro atoms. The monoisotopic (exact) mass is 461 g/mol. The van der Waals surface area contributed by atoms with Crippen molar-refractivity contribution in [1.82, 2.24) is 14.9 Å². The van der Waals surface area contributed by atoms with Crippen LogP contribution in [0.2, 0.25) is 0 Å². The fraction of sp³-hybridized carbons (Fsp3) is 0.320. The normalized spacial score (nSPS) is 22.8. The Labute approximate surface area is 197 Å². The molecule has 4 rings (SSSR count). The van der Waals surface area contributed by atoms with Crippen LogP contribution in [0.4, 0.5) is 5.69 Å². The molecule has 176 valence electrons. The molecule has 1 fully saturated rings. The summed E-state index contributed by atoms with van der Waals surface area (Å²) in [5.41, 5.74) is 3.95. The zero-order valence-corrected chi connectivity index (χ0v) is 18.5. The number of aliphatic hydroxyl groups is 4. The van der Waals surface area contributed by atoms with Crippen LogP contribution in [0.25, 0.3) is 11.4 Å². The second kappa shape index (κ2) is 10.7. The number of rotatable bonds is 7. The molecular weight excluding hydrogens is 434 g/mol. The number of β-amino-alcohol motifs (C(OH)–C–C–N with tert-alkyl or cyclic N) is 1. The first kappa shape index (κ1) is 23.8. The molecule has 1 aliphatic heterocycles. The Balaban J connectivity index is 1.47. The van der Waals surface area contributed by atoms with Gasteiger partial charge < -0.3 is 25.7 Å². The van der Waals surface area contributed by atoms with Crippen molar-refractivity contribution in [3.8, 4) is 17.5 Å². The van der Waals surface area contributed by atoms with Gasteiger partial charge >= 0.3 is 0 Å². The van der Waals surface area contributed by atoms with Crippen LogP contribution < -0.4 is 5.32 Å². The van der Waals surface area contributed by atoms with Crippen molar-refractivity contribution in [1.29, 1.82) is 5.26 Å². The van der Waals surface area contributed by atoms with E-state index < -0.39 is 24.4 Å². The average molecular weight is 462 g/mol. The Bertz CT molecular complexity index is 1150. The van der Waals surface area contributed by atoms with Crippen molar-refractivity contribution in [2.24, 2.45) is 0 Å². The molecule has 1 aliphatic rings. The van der Waals surface area contributed by atoms with Gasteiger partial charge in [0.15, 0.2) is 5.82 Å². The van der Waals surface area contributed by atoms with E-state index in [0.717, 1.165) is 22.4 Å². The van der Waals surface area contributed by atoms with Crippen LogP contribution in [0.3, 0.4) is 0 Å². The summed E-state index contributed by atoms with van der Waals surface area (Å²) in [7, 11) is 0. The second-order valence-electron chi connectivity index (χ2n) is 8.38. The van der Waals surface area contributed by atoms with Crippen LogP contribution in [-0.2, 0) is 13.1 Å². The molecule has 0 aliphatic carbocycles. The average Bonchev–Trinajstić information content (AvgIpc) is 2.87. The van der Waals surface area contributed by atoms with E-state index in [0.29, 0.717) is 24.5 Å². The zero-order chi connectivity index (χ0) is 24.1. The van der Waals surface area contributed by atoms with Crippen molar-refractivity contribution in [2.75, 3.05) is 18.5 Å². The van der Waals surface area contributed by atoms with E-state index in [-0.39, 0.29) is 13.2 Å². The lowest BCUT2D eigenvalue weighted by Gasteiger charge is -2.43. The van der Waals surface area contributed by atoms with Gasteiger partial charge in [-0.1, -0.05) is 24.3 Å². The molecule has 9 heteroatoms. The van der Waals surface area contributed by atoms with Gasteiger partial charge in [-0.05, 0) is 35.4 Å². The molecule has 0 radical (unpaired) electrons. The minimum absolute atomic E-state index is 0.150. The molecule has 5 N–H and O–H groups in total. The Morgan fingerprint density at radius 1 is 1.00 bits per heavy atom. The number of hydrogen-bond acceptors (Lipinski definition) is 9. The highest BCUT2D eigenvalue weighted by atomic mass is 16.4. The molecule has 0 amide bonds. The van der Waals surface area contributed by atoms with E-state index in [1.54, 1.807) is 35.5 Å². The smallest absolute Gasteiger partial charge is 0.159 e. The number of nitriles is 1. The summed E-state index contributed by atoms with van der Waals surface area (Å²) in [5, 5.41) is 52.6. The largest absolute Gasteiger partial charge is 0.395 e. The molecule has 0 saturated carbocycles. The summed E-state index contributed by atoms with van der Waals surface area (Å²) in [6.45, 7) is 0.733. The number of nitrogens with one attached hydrogen (secondary N) is 1. The number of aliphatic hydroxyl groups excluding tert-OH is 4. The number of anilines is 1. The fourth-order valence-corrected chi connectivity index (χ4v) is 4.21. The quantitative estimate of drug-likeness (QED) is 0.346. The van der Waals surface area contributed by atoms with E-state index in [4.69, 9.17) is 0 Å². The summed E-state index contributed by atoms with van der Waals surface area (Å²) in [6, 6.07) is 16.5. The van der Waals surface area contributed by atoms with Crippen LogP contribution in [0.1, 0.15) is 16.7 Å². The third-order valence-corrected chi connectivity index (χ3v) is 5.98. The molecule has 34 heavy (non-hydrogen) atoms. The van der Waals surface area contributed by atoms with Crippen LogP contribution in [-0.4, -0.2) is 72.8 Å². The van der Waals surface area contributed by atoms with E-state index in [9.17, 15) is 25.7 Å². The fourth-order valence-electron chi connectivity index (χ4n) is 4.21. The van der Waals surface area contributed by atoms with Gasteiger partial charge in [0, 0.05) is 43.3 Å². The number of piperidine rings is 1. The highest BCUT2D eigenvalue weighted by Crippen LogP contribution is 2.24. The van der Waals surface area contributed by atoms with Crippen LogP contribution in [0.15, 0.2) is 60.9 Å². The van der Waals surface area contributed by atoms with Gasteiger partial charge in [-0.2, -0.15) is 5.26 Å². The van der Waals surface area contributed by atoms with Gasteiger partial charge in [0.25, 0.3) is 0 Å². The first-order chi connectivity index (χ1) is 16.5. The SMILES string of the molecule is N#Cc1cc(NCc2cccc(CN3C[C@H](O)[C@@H](O)[C@H](O)[C@H]3CO)c2)cc(-c2ncccn2)c1. The highest BCUT2D eigenvalue weighted by molar-refractivity contribution is 5.65. The van der Waals surface area contributed by atoms with E-state index in [1.807, 2.05) is 30.3 Å². The number of likely N-dealkylation sites (tertiary alicyclic amines) is 1. The van der Waals surface area contributed by atoms with E-state index in [2.05, 4.69) is 21.4 Å². The lowest BCUT2D eigenvalue weighted by Crippen LogP contribution is -2.62. The standard InChI is InChI=1S/C25H27N5O4/c26-11-18-8-19(25-27-5-2-6-28-25)10-20(9-18)29-12-16-3-1-4-17(7-16)13-30-14-22(32)24(34)23(33)21(30)15-31/h1-10,21-24,29,31-34H,12-15H2/t21-,22+,23-,24-/m1/s1. The predicted molar refractivity (Wildman–Crippen MR) is 125 cm³/mol. The number of benzene rings is 2. The highest BCUT2D eigenvalue weighted by Gasteiger charge is 2.40. The van der Waals surface area contributed by atoms with Gasteiger partial charge in [0.1, 0.15) is 12.2 Å². The summed E-state index contributed by atoms with van der Waals surface area (Å²) < 4.78 is 0. The maximum absolute atomic E-state index is 10.2. The number of aromatic nitrogens is 2. The Hall–Kier alpha value is -3.39. The molecule has 2 aromatic carbocycles. The molecule has 0 unspecified atom stereocenters. The van der Waals surface area contributed by atoms with Gasteiger partial charge in [-0.15, -0.1) is 0 Å². The molecule has 1 aromatic heterocycles. The summed E-state index contributed by atoms with van der Waals surface area (Å²) in [4.78, 5) is 10.3. The third kappa shape index (κ3) is 5.39. The summed E-state index contributed by atoms with van der Waals surface area (Å²) >= 11 is 0. The first-order valence-electron chi connectivity index (χ1n) is 11.0. The molecular formula is C25H27N5O4. The number of hydrogen-bond donors (Lipinski definition) is 5. The van der Waals surface area contributed by atoms with Crippen molar-refractivity contribution in [2.45, 2.75) is 37.4 Å². The molecule has 3 aromatic rings. The minimum Gasteiger partial charge on any atom is -0.395 e. The summed E-state index contributed by atoms with van der Waals surface area (Å²) in [6.07, 6.45) is -0.281. The molecule has 9 nitrogen and oxygen atoms in total. The van der Waals surface area contributed by atoms with Crippen molar-refractivity contribution >= 4 is 5.69 Å². The first-order valence-corrected chi connectivity index (χ1v) is 11.0. The van der Waals surface area contributed by atoms with Crippen LogP contribution in [0.5, 0.6) is 0 Å². The molecule has 1 saturated heterocycles. The van der Waals surface area contributed by atoms with Gasteiger partial charge in [-0.25, -0.2) is 9.97 Å². The topological polar surface area (TPSA) is 146 Å². The van der Waals surface area contributed by atoms with Gasteiger partial charge in [-0.3, -0.25) is 4.90 Å². The lowest BCUT2D eigenvalue weighted by molar-refractivity contribution is -0.147. The maximum Gasteiger partial charge on any atom is 0.159 e. The van der Waals surface area contributed by atoms with Crippen molar-refractivity contribution in [3.05, 3.63) is 77.6 Å².